The third-order valence-corrected chi connectivity index (χ3v) is 14.3. The van der Waals surface area contributed by atoms with Crippen molar-refractivity contribution in [2.75, 3.05) is 13.7 Å². The van der Waals surface area contributed by atoms with E-state index in [1.807, 2.05) is 82.6 Å². The number of carbonyl (C=O) groups excluding carboxylic acids is 3. The van der Waals surface area contributed by atoms with Gasteiger partial charge in [0.05, 0.1) is 30.2 Å². The number of fused-ring (bicyclic) bond motifs is 6. The lowest BCUT2D eigenvalue weighted by atomic mass is 9.97. The van der Waals surface area contributed by atoms with Gasteiger partial charge < -0.3 is 24.3 Å². The van der Waals surface area contributed by atoms with Crippen molar-refractivity contribution in [2.24, 2.45) is 11.3 Å². The molecule has 4 fully saturated rings. The number of nitrogens with zero attached hydrogens (tertiary/aromatic N) is 3. The van der Waals surface area contributed by atoms with Crippen LogP contribution in [0.1, 0.15) is 92.7 Å². The highest BCUT2D eigenvalue weighted by atomic mass is 19.3. The van der Waals surface area contributed by atoms with Crippen LogP contribution in [0.2, 0.25) is 0 Å². The molecule has 11 rings (SSSR count). The Morgan fingerprint density at radius 1 is 0.859 bits per heavy atom. The van der Waals surface area contributed by atoms with Crippen LogP contribution in [0.15, 0.2) is 108 Å². The number of alkyl halides is 2. The lowest BCUT2D eigenvalue weighted by Gasteiger charge is -2.35. The Bertz CT molecular complexity index is 2910. The number of hydrogen-bond acceptors (Lipinski definition) is 6. The first-order chi connectivity index (χ1) is 30.9. The number of aromatic nitrogens is 3. The molecule has 11 nitrogen and oxygen atoms in total. The second-order valence-corrected chi connectivity index (χ2v) is 18.5. The molecule has 4 aromatic carbocycles. The minimum atomic E-state index is -3.24. The fourth-order valence-corrected chi connectivity index (χ4v) is 10.9. The molecule has 2 saturated carbocycles. The second-order valence-electron chi connectivity index (χ2n) is 18.5. The van der Waals surface area contributed by atoms with Crippen LogP contribution in [0.5, 0.6) is 0 Å². The van der Waals surface area contributed by atoms with Crippen LogP contribution in [0.3, 0.4) is 0 Å². The standard InChI is InChI=1S/C51H48F2N6O5/c1-28(2)44(57-48(61)63-3)47(60)59-34-13-9-33(21-34)45(59)46-55-40-16-12-31(24-42(40)56-46)30-10-14-35-36-15-11-32(23-38(36)51(52,53)37(35)22-30)39-17-18-41(54-39)43-25-50(19-20-50)27-58(43)49(62)64-26-29-7-5-4-6-8-29/h4-8,10-12,14-18,22-24,33-34,43,45,54H,9,13,19-21,25-27H2,1-3H3,(H,55,56)(H,57,61)/t33?,34-,43+,45+/m1/s1. The summed E-state index contributed by atoms with van der Waals surface area (Å²) in [6.45, 7) is 4.40. The van der Waals surface area contributed by atoms with Crippen LogP contribution in [0.25, 0.3) is 44.5 Å². The van der Waals surface area contributed by atoms with E-state index >= 15 is 8.78 Å². The summed E-state index contributed by atoms with van der Waals surface area (Å²) in [6, 6.07) is 29.2. The molecule has 2 aromatic heterocycles. The predicted molar refractivity (Wildman–Crippen MR) is 237 cm³/mol. The largest absolute Gasteiger partial charge is 0.453 e. The molecular formula is C51H48F2N6O5. The number of hydrogen-bond donors (Lipinski definition) is 3. The molecule has 0 radical (unpaired) electrons. The molecule has 1 spiro atoms. The highest BCUT2D eigenvalue weighted by Crippen LogP contribution is 2.59. The van der Waals surface area contributed by atoms with Crippen molar-refractivity contribution in [1.82, 2.24) is 30.1 Å². The molecule has 13 heteroatoms. The van der Waals surface area contributed by atoms with Gasteiger partial charge >= 0.3 is 12.2 Å². The van der Waals surface area contributed by atoms with Gasteiger partial charge in [0.2, 0.25) is 0 Å². The number of carbonyl (C=O) groups is 3. The number of piperidine rings is 1. The van der Waals surface area contributed by atoms with E-state index in [-0.39, 0.29) is 64.9 Å². The Hall–Kier alpha value is -6.76. The number of nitrogens with one attached hydrogen (secondary N) is 3. The zero-order valence-corrected chi connectivity index (χ0v) is 35.8. The molecule has 2 aliphatic heterocycles. The lowest BCUT2D eigenvalue weighted by Crippen LogP contribution is -2.44. The highest BCUT2D eigenvalue weighted by molar-refractivity contribution is 5.97. The number of halogens is 2. The van der Waals surface area contributed by atoms with E-state index in [0.717, 1.165) is 60.9 Å². The summed E-state index contributed by atoms with van der Waals surface area (Å²) in [7, 11) is 1.26. The average molecular weight is 863 g/mol. The molecule has 5 aliphatic rings. The number of allylic oxidation sites excluding steroid dienone is 1. The number of rotatable bonds is 8. The lowest BCUT2D eigenvalue weighted by molar-refractivity contribution is -0.132. The Morgan fingerprint density at radius 2 is 1.58 bits per heavy atom. The van der Waals surface area contributed by atoms with Gasteiger partial charge in [-0.3, -0.25) is 15.0 Å². The SMILES string of the molecule is COC(=O)NC(C(=O)N1[C@@H]2CCC(C2)[C@H]1c1nc2ccc(-c3ccc4c(c3)C(F)(F)c3cc(-c5ccc([C@@H]6CC7(CC7)CN6C(=O)OCc6ccccc6)[nH]5)ccc3-4)cc2[nH]1)=C(C)C. The van der Waals surface area contributed by atoms with Crippen molar-refractivity contribution in [2.45, 2.75) is 83.0 Å². The topological polar surface area (TPSA) is 133 Å². The zero-order chi connectivity index (χ0) is 44.1. The van der Waals surface area contributed by atoms with Crippen molar-refractivity contribution in [3.8, 4) is 33.5 Å². The van der Waals surface area contributed by atoms with Gasteiger partial charge in [0, 0.05) is 35.1 Å². The maximum atomic E-state index is 16.7. The number of likely N-dealkylation sites (tertiary alicyclic amines) is 2. The zero-order valence-electron chi connectivity index (χ0n) is 35.8. The Kier molecular flexibility index (Phi) is 9.34. The van der Waals surface area contributed by atoms with Gasteiger partial charge in [-0.05, 0) is 139 Å². The first-order valence-corrected chi connectivity index (χ1v) is 22.1. The molecule has 4 atom stereocenters. The number of imidazole rings is 1. The average Bonchev–Trinajstić information content (AvgIpc) is 3.96. The number of methoxy groups -OCH3 is 1. The predicted octanol–water partition coefficient (Wildman–Crippen LogP) is 10.9. The van der Waals surface area contributed by atoms with E-state index in [1.54, 1.807) is 38.1 Å². The van der Waals surface area contributed by atoms with Gasteiger partial charge in [-0.15, -0.1) is 0 Å². The molecule has 2 bridgehead atoms. The van der Waals surface area contributed by atoms with E-state index in [0.29, 0.717) is 51.4 Å². The highest BCUT2D eigenvalue weighted by Gasteiger charge is 2.55. The number of alkyl carbamates (subject to hydrolysis) is 1. The third kappa shape index (κ3) is 6.66. The van der Waals surface area contributed by atoms with Gasteiger partial charge in [0.1, 0.15) is 18.1 Å². The molecule has 2 saturated heterocycles. The fraction of sp³-hybridized carbons (Fsp3) is 0.333. The molecule has 1 unspecified atom stereocenters. The number of amides is 3. The number of benzene rings is 4. The van der Waals surface area contributed by atoms with Gasteiger partial charge in [-0.2, -0.15) is 8.78 Å². The number of H-pyrrole nitrogens is 2. The van der Waals surface area contributed by atoms with E-state index in [1.165, 1.54) is 7.11 Å². The van der Waals surface area contributed by atoms with Crippen LogP contribution in [-0.4, -0.2) is 62.5 Å². The van der Waals surface area contributed by atoms with Gasteiger partial charge in [-0.1, -0.05) is 60.7 Å². The number of aromatic amines is 2. The fourth-order valence-electron chi connectivity index (χ4n) is 10.9. The monoisotopic (exact) mass is 862 g/mol. The molecule has 3 N–H and O–H groups in total. The van der Waals surface area contributed by atoms with Crippen molar-refractivity contribution >= 4 is 29.1 Å². The number of ether oxygens (including phenoxy) is 2. The summed E-state index contributed by atoms with van der Waals surface area (Å²) in [6.07, 6.45) is 4.61. The summed E-state index contributed by atoms with van der Waals surface area (Å²) in [4.78, 5) is 55.2. The summed E-state index contributed by atoms with van der Waals surface area (Å²) in [5.74, 6) is -2.65. The molecule has 6 aromatic rings. The molecule has 3 amide bonds. The third-order valence-electron chi connectivity index (χ3n) is 14.3. The summed E-state index contributed by atoms with van der Waals surface area (Å²) in [5.41, 5.74) is 7.86. The van der Waals surface area contributed by atoms with E-state index in [4.69, 9.17) is 14.5 Å². The minimum absolute atomic E-state index is 0.0226. The van der Waals surface area contributed by atoms with Crippen molar-refractivity contribution in [3.63, 3.8) is 0 Å². The molecule has 4 heterocycles. The van der Waals surface area contributed by atoms with E-state index in [2.05, 4.69) is 15.3 Å². The molecular weight excluding hydrogens is 815 g/mol. The summed E-state index contributed by atoms with van der Waals surface area (Å²) >= 11 is 0. The minimum Gasteiger partial charge on any atom is -0.453 e. The van der Waals surface area contributed by atoms with Crippen LogP contribution >= 0.6 is 0 Å². The Labute approximate surface area is 368 Å². The van der Waals surface area contributed by atoms with E-state index in [9.17, 15) is 14.4 Å². The normalized spacial score (nSPS) is 21.8. The summed E-state index contributed by atoms with van der Waals surface area (Å²) in [5, 5.41) is 2.62. The van der Waals surface area contributed by atoms with Crippen molar-refractivity contribution in [1.29, 1.82) is 0 Å². The Morgan fingerprint density at radius 3 is 2.31 bits per heavy atom. The van der Waals surface area contributed by atoms with Gasteiger partial charge in [0.25, 0.3) is 11.8 Å². The first kappa shape index (κ1) is 40.0. The maximum Gasteiger partial charge on any atom is 0.411 e. The smallest absolute Gasteiger partial charge is 0.411 e. The molecule has 326 valence electrons. The van der Waals surface area contributed by atoms with Crippen LogP contribution < -0.4 is 5.32 Å². The molecule has 3 aliphatic carbocycles. The Balaban J connectivity index is 0.835. The van der Waals surface area contributed by atoms with Crippen LogP contribution in [0.4, 0.5) is 18.4 Å². The van der Waals surface area contributed by atoms with E-state index < -0.39 is 12.0 Å². The molecule has 64 heavy (non-hydrogen) atoms. The van der Waals surface area contributed by atoms with Crippen LogP contribution in [-0.2, 0) is 26.8 Å². The van der Waals surface area contributed by atoms with Crippen molar-refractivity contribution in [3.05, 3.63) is 137 Å². The maximum absolute atomic E-state index is 16.7. The summed E-state index contributed by atoms with van der Waals surface area (Å²) < 4.78 is 43.9. The van der Waals surface area contributed by atoms with Crippen molar-refractivity contribution < 1.29 is 32.6 Å². The second kappa shape index (κ2) is 14.9. The van der Waals surface area contributed by atoms with Gasteiger partial charge in [0.15, 0.2) is 0 Å². The van der Waals surface area contributed by atoms with Gasteiger partial charge in [-0.25, -0.2) is 14.6 Å². The first-order valence-electron chi connectivity index (χ1n) is 22.1. The quantitative estimate of drug-likeness (QED) is 0.131. The van der Waals surface area contributed by atoms with Crippen LogP contribution in [0, 0.1) is 11.3 Å².